The Morgan fingerprint density at radius 2 is 2.00 bits per heavy atom. The summed E-state index contributed by atoms with van der Waals surface area (Å²) >= 11 is 6.04. The zero-order valence-electron chi connectivity index (χ0n) is 13.3. The van der Waals surface area contributed by atoms with E-state index >= 15 is 0 Å². The first-order chi connectivity index (χ1) is 11.2. The molecule has 2 aromatic carbocycles. The van der Waals surface area contributed by atoms with Gasteiger partial charge in [0, 0.05) is 30.6 Å². The van der Waals surface area contributed by atoms with Crippen molar-refractivity contribution in [1.82, 2.24) is 10.6 Å². The van der Waals surface area contributed by atoms with Gasteiger partial charge in [-0.15, -0.1) is 24.0 Å². The minimum atomic E-state index is -0.224. The average Bonchev–Trinajstić information content (AvgIpc) is 3.32. The van der Waals surface area contributed by atoms with E-state index in [-0.39, 0.29) is 29.8 Å². The second-order valence-electron chi connectivity index (χ2n) is 5.70. The molecule has 0 aliphatic heterocycles. The third-order valence-electron chi connectivity index (χ3n) is 3.99. The van der Waals surface area contributed by atoms with Gasteiger partial charge in [-0.05, 0) is 41.8 Å². The van der Waals surface area contributed by atoms with Crippen LogP contribution >= 0.6 is 35.6 Å². The molecule has 2 atom stereocenters. The molecule has 2 N–H and O–H groups in total. The molecule has 0 aromatic heterocycles. The number of nitrogens with one attached hydrogen (secondary N) is 2. The van der Waals surface area contributed by atoms with Crippen LogP contribution in [0, 0.1) is 5.82 Å². The highest BCUT2D eigenvalue weighted by atomic mass is 127. The zero-order valence-corrected chi connectivity index (χ0v) is 16.4. The molecule has 6 heteroatoms. The Morgan fingerprint density at radius 1 is 1.25 bits per heavy atom. The van der Waals surface area contributed by atoms with Crippen molar-refractivity contribution in [1.29, 1.82) is 0 Å². The first-order valence-corrected chi connectivity index (χ1v) is 8.00. The van der Waals surface area contributed by atoms with Gasteiger partial charge < -0.3 is 10.6 Å². The maximum Gasteiger partial charge on any atom is 0.191 e. The van der Waals surface area contributed by atoms with Crippen LogP contribution in [0.15, 0.2) is 53.5 Å². The van der Waals surface area contributed by atoms with E-state index in [1.807, 2.05) is 18.2 Å². The normalized spacial score (nSPS) is 19.4. The molecule has 0 saturated heterocycles. The van der Waals surface area contributed by atoms with E-state index in [0.29, 0.717) is 18.5 Å². The molecule has 3 rings (SSSR count). The predicted molar refractivity (Wildman–Crippen MR) is 108 cm³/mol. The smallest absolute Gasteiger partial charge is 0.191 e. The molecule has 1 aliphatic carbocycles. The number of halogens is 3. The summed E-state index contributed by atoms with van der Waals surface area (Å²) < 4.78 is 12.9. The molecule has 2 aromatic rings. The van der Waals surface area contributed by atoms with Crippen molar-refractivity contribution in [2.24, 2.45) is 4.99 Å². The number of hydrogen-bond donors (Lipinski definition) is 2. The summed E-state index contributed by atoms with van der Waals surface area (Å²) in [4.78, 5) is 4.24. The number of nitrogens with zero attached hydrogens (tertiary/aromatic N) is 1. The van der Waals surface area contributed by atoms with E-state index in [1.165, 1.54) is 17.7 Å². The van der Waals surface area contributed by atoms with Crippen LogP contribution in [-0.4, -0.2) is 19.0 Å². The molecule has 0 bridgehead atoms. The largest absolute Gasteiger partial charge is 0.353 e. The van der Waals surface area contributed by atoms with Gasteiger partial charge in [0.15, 0.2) is 5.96 Å². The van der Waals surface area contributed by atoms with Gasteiger partial charge in [0.05, 0.1) is 0 Å². The number of aliphatic imine (C=N–C) groups is 1. The van der Waals surface area contributed by atoms with Crippen LogP contribution in [0.4, 0.5) is 4.39 Å². The fraction of sp³-hybridized carbons (Fsp3) is 0.278. The number of guanidine groups is 1. The molecule has 3 nitrogen and oxygen atoms in total. The summed E-state index contributed by atoms with van der Waals surface area (Å²) in [5, 5.41) is 7.43. The van der Waals surface area contributed by atoms with E-state index in [2.05, 4.69) is 21.7 Å². The Morgan fingerprint density at radius 3 is 2.67 bits per heavy atom. The maximum absolute atomic E-state index is 12.9. The minimum absolute atomic E-state index is 0. The number of rotatable bonds is 4. The fourth-order valence-corrected chi connectivity index (χ4v) is 2.82. The van der Waals surface area contributed by atoms with Crippen molar-refractivity contribution < 1.29 is 4.39 Å². The quantitative estimate of drug-likeness (QED) is 0.406. The molecule has 1 saturated carbocycles. The van der Waals surface area contributed by atoms with Gasteiger partial charge in [-0.25, -0.2) is 4.39 Å². The van der Waals surface area contributed by atoms with Crippen LogP contribution in [-0.2, 0) is 6.54 Å². The van der Waals surface area contributed by atoms with Gasteiger partial charge in [-0.1, -0.05) is 35.9 Å². The Balaban J connectivity index is 0.00000208. The van der Waals surface area contributed by atoms with Crippen molar-refractivity contribution in [2.45, 2.75) is 24.9 Å². The first kappa shape index (κ1) is 19.0. The van der Waals surface area contributed by atoms with Gasteiger partial charge >= 0.3 is 0 Å². The van der Waals surface area contributed by atoms with Crippen molar-refractivity contribution in [3.8, 4) is 0 Å². The lowest BCUT2D eigenvalue weighted by Gasteiger charge is -2.12. The second-order valence-corrected chi connectivity index (χ2v) is 6.14. The monoisotopic (exact) mass is 459 g/mol. The molecular weight excluding hydrogens is 440 g/mol. The topological polar surface area (TPSA) is 36.4 Å². The lowest BCUT2D eigenvalue weighted by atomic mass is 10.1. The molecule has 0 spiro atoms. The summed E-state index contributed by atoms with van der Waals surface area (Å²) in [5.41, 5.74) is 2.26. The van der Waals surface area contributed by atoms with Crippen LogP contribution in [0.5, 0.6) is 0 Å². The van der Waals surface area contributed by atoms with Crippen molar-refractivity contribution in [2.75, 3.05) is 7.05 Å². The standard InChI is InChI=1S/C18H19ClFN3.HI/c1-21-18(22-11-12-5-7-15(20)8-6-12)23-17-10-16(17)13-3-2-4-14(19)9-13;/h2-9,16-17H,10-11H2,1H3,(H2,21,22,23);1H. The molecule has 1 fully saturated rings. The van der Waals surface area contributed by atoms with Crippen molar-refractivity contribution in [3.63, 3.8) is 0 Å². The number of hydrogen-bond acceptors (Lipinski definition) is 1. The van der Waals surface area contributed by atoms with Crippen LogP contribution < -0.4 is 10.6 Å². The van der Waals surface area contributed by atoms with Crippen LogP contribution in [0.2, 0.25) is 5.02 Å². The highest BCUT2D eigenvalue weighted by molar-refractivity contribution is 14.0. The predicted octanol–water partition coefficient (Wildman–Crippen LogP) is 4.32. The summed E-state index contributed by atoms with van der Waals surface area (Å²) in [6.07, 6.45) is 1.07. The van der Waals surface area contributed by atoms with E-state index in [4.69, 9.17) is 11.6 Å². The Labute approximate surface area is 163 Å². The third-order valence-corrected chi connectivity index (χ3v) is 4.22. The Bertz CT molecular complexity index is 706. The molecule has 0 amide bonds. The van der Waals surface area contributed by atoms with Crippen LogP contribution in [0.25, 0.3) is 0 Å². The lowest BCUT2D eigenvalue weighted by Crippen LogP contribution is -2.38. The van der Waals surface area contributed by atoms with Gasteiger partial charge in [-0.3, -0.25) is 4.99 Å². The Kier molecular flexibility index (Phi) is 6.86. The summed E-state index contributed by atoms with van der Waals surface area (Å²) in [6.45, 7) is 0.606. The molecule has 0 radical (unpaired) electrons. The molecule has 128 valence electrons. The molecule has 2 unspecified atom stereocenters. The summed E-state index contributed by atoms with van der Waals surface area (Å²) in [7, 11) is 1.75. The summed E-state index contributed by atoms with van der Waals surface area (Å²) in [6, 6.07) is 14.8. The van der Waals surface area contributed by atoms with Crippen LogP contribution in [0.1, 0.15) is 23.5 Å². The van der Waals surface area contributed by atoms with E-state index in [0.717, 1.165) is 23.0 Å². The molecule has 24 heavy (non-hydrogen) atoms. The summed E-state index contributed by atoms with van der Waals surface area (Å²) in [5.74, 6) is 1.00. The highest BCUT2D eigenvalue weighted by Crippen LogP contribution is 2.41. The number of benzene rings is 2. The minimum Gasteiger partial charge on any atom is -0.353 e. The van der Waals surface area contributed by atoms with Crippen molar-refractivity contribution >= 4 is 41.5 Å². The van der Waals surface area contributed by atoms with Gasteiger partial charge in [0.2, 0.25) is 0 Å². The first-order valence-electron chi connectivity index (χ1n) is 7.63. The van der Waals surface area contributed by atoms with Gasteiger partial charge in [0.1, 0.15) is 5.82 Å². The second kappa shape index (κ2) is 8.67. The lowest BCUT2D eigenvalue weighted by molar-refractivity contribution is 0.626. The van der Waals surface area contributed by atoms with E-state index in [9.17, 15) is 4.39 Å². The zero-order chi connectivity index (χ0) is 16.2. The molecular formula is C18H20ClFIN3. The average molecular weight is 460 g/mol. The van der Waals surface area contributed by atoms with Gasteiger partial charge in [-0.2, -0.15) is 0 Å². The van der Waals surface area contributed by atoms with Crippen molar-refractivity contribution in [3.05, 3.63) is 70.5 Å². The van der Waals surface area contributed by atoms with E-state index in [1.54, 1.807) is 19.2 Å². The Hall–Kier alpha value is -1.34. The van der Waals surface area contributed by atoms with Crippen LogP contribution in [0.3, 0.4) is 0 Å². The SMILES string of the molecule is CN=C(NCc1ccc(F)cc1)NC1CC1c1cccc(Cl)c1.I. The van der Waals surface area contributed by atoms with Gasteiger partial charge in [0.25, 0.3) is 0 Å². The fourth-order valence-electron chi connectivity index (χ4n) is 2.62. The maximum atomic E-state index is 12.9. The molecule has 0 heterocycles. The van der Waals surface area contributed by atoms with E-state index < -0.39 is 0 Å². The molecule has 1 aliphatic rings. The highest BCUT2D eigenvalue weighted by Gasteiger charge is 2.39. The third kappa shape index (κ3) is 5.08.